The van der Waals surface area contributed by atoms with Crippen molar-refractivity contribution in [1.82, 2.24) is 19.9 Å². The quantitative estimate of drug-likeness (QED) is 0.629. The van der Waals surface area contributed by atoms with Crippen LogP contribution in [0.4, 0.5) is 0 Å². The molecular formula is C25H28N4O3. The van der Waals surface area contributed by atoms with Crippen molar-refractivity contribution in [2.24, 2.45) is 5.92 Å². The number of piperidine rings is 2. The van der Waals surface area contributed by atoms with Gasteiger partial charge in [0, 0.05) is 37.7 Å². The predicted molar refractivity (Wildman–Crippen MR) is 120 cm³/mol. The monoisotopic (exact) mass is 432 g/mol. The second kappa shape index (κ2) is 8.73. The van der Waals surface area contributed by atoms with E-state index < -0.39 is 0 Å². The number of aryl methyl sites for hydroxylation is 1. The molecule has 0 N–H and O–H groups in total. The summed E-state index contributed by atoms with van der Waals surface area (Å²) in [6.45, 7) is 4.39. The van der Waals surface area contributed by atoms with Crippen molar-refractivity contribution in [1.29, 1.82) is 0 Å². The van der Waals surface area contributed by atoms with Crippen molar-refractivity contribution < 1.29 is 14.1 Å². The van der Waals surface area contributed by atoms with Gasteiger partial charge in [-0.2, -0.15) is 4.98 Å². The Bertz CT molecular complexity index is 1130. The van der Waals surface area contributed by atoms with Crippen molar-refractivity contribution >= 4 is 22.6 Å². The van der Waals surface area contributed by atoms with E-state index in [1.165, 1.54) is 0 Å². The number of hydrogen-bond acceptors (Lipinski definition) is 5. The lowest BCUT2D eigenvalue weighted by Gasteiger charge is -2.37. The maximum Gasteiger partial charge on any atom is 0.254 e. The van der Waals surface area contributed by atoms with Crippen molar-refractivity contribution in [3.63, 3.8) is 0 Å². The molecule has 2 amide bonds. The molecule has 3 aromatic rings. The molecule has 2 aromatic carbocycles. The summed E-state index contributed by atoms with van der Waals surface area (Å²) >= 11 is 0. The van der Waals surface area contributed by atoms with E-state index in [-0.39, 0.29) is 23.7 Å². The molecule has 1 aromatic heterocycles. The van der Waals surface area contributed by atoms with Gasteiger partial charge in [0.15, 0.2) is 5.82 Å². The zero-order valence-corrected chi connectivity index (χ0v) is 18.4. The van der Waals surface area contributed by atoms with Crippen LogP contribution in [0.25, 0.3) is 10.8 Å². The lowest BCUT2D eigenvalue weighted by atomic mass is 9.92. The molecule has 7 heteroatoms. The number of aromatic nitrogens is 2. The summed E-state index contributed by atoms with van der Waals surface area (Å²) in [4.78, 5) is 34.8. The Labute approximate surface area is 187 Å². The van der Waals surface area contributed by atoms with E-state index in [0.717, 1.165) is 36.5 Å². The van der Waals surface area contributed by atoms with Crippen LogP contribution in [0.5, 0.6) is 0 Å². The number of carbonyl (C=O) groups is 2. The van der Waals surface area contributed by atoms with Crippen LogP contribution in [0.3, 0.4) is 0 Å². The molecule has 3 heterocycles. The first-order valence-electron chi connectivity index (χ1n) is 11.5. The van der Waals surface area contributed by atoms with Crippen LogP contribution in [-0.2, 0) is 4.79 Å². The Morgan fingerprint density at radius 2 is 1.75 bits per heavy atom. The standard InChI is InChI=1S/C25H28N4O3/c1-17-26-23(32-27-17)19-11-14-28(15-12-19)24(30)20-8-5-13-29(16-20)25(31)22-10-4-7-18-6-2-3-9-21(18)22/h2-4,6-7,9-10,19-20H,5,8,11-16H2,1H3. The summed E-state index contributed by atoms with van der Waals surface area (Å²) in [5.41, 5.74) is 0.715. The fraction of sp³-hybridized carbons (Fsp3) is 0.440. The minimum atomic E-state index is -0.134. The largest absolute Gasteiger partial charge is 0.342 e. The second-order valence-electron chi connectivity index (χ2n) is 8.90. The highest BCUT2D eigenvalue weighted by Gasteiger charge is 2.34. The zero-order chi connectivity index (χ0) is 22.1. The van der Waals surface area contributed by atoms with E-state index in [1.54, 1.807) is 0 Å². The third kappa shape index (κ3) is 3.99. The summed E-state index contributed by atoms with van der Waals surface area (Å²) in [5, 5.41) is 5.91. The third-order valence-electron chi connectivity index (χ3n) is 6.78. The lowest BCUT2D eigenvalue weighted by molar-refractivity contribution is -0.138. The maximum absolute atomic E-state index is 13.3. The van der Waals surface area contributed by atoms with E-state index in [9.17, 15) is 9.59 Å². The highest BCUT2D eigenvalue weighted by Crippen LogP contribution is 2.29. The van der Waals surface area contributed by atoms with E-state index in [2.05, 4.69) is 10.1 Å². The van der Waals surface area contributed by atoms with E-state index >= 15 is 0 Å². The topological polar surface area (TPSA) is 79.5 Å². The molecule has 0 spiro atoms. The molecular weight excluding hydrogens is 404 g/mol. The van der Waals surface area contributed by atoms with Crippen LogP contribution in [0, 0.1) is 12.8 Å². The molecule has 2 aliphatic heterocycles. The number of likely N-dealkylation sites (tertiary alicyclic amines) is 2. The first kappa shape index (κ1) is 20.7. The summed E-state index contributed by atoms with van der Waals surface area (Å²) < 4.78 is 5.32. The third-order valence-corrected chi connectivity index (χ3v) is 6.78. The highest BCUT2D eigenvalue weighted by molar-refractivity contribution is 6.07. The van der Waals surface area contributed by atoms with Gasteiger partial charge in [-0.25, -0.2) is 0 Å². The van der Waals surface area contributed by atoms with E-state index in [0.29, 0.717) is 43.5 Å². The van der Waals surface area contributed by atoms with Gasteiger partial charge in [0.2, 0.25) is 11.8 Å². The number of carbonyl (C=O) groups excluding carboxylic acids is 2. The molecule has 2 saturated heterocycles. The number of benzene rings is 2. The van der Waals surface area contributed by atoms with Gasteiger partial charge in [0.25, 0.3) is 5.91 Å². The van der Waals surface area contributed by atoms with Crippen molar-refractivity contribution in [2.45, 2.75) is 38.5 Å². The predicted octanol–water partition coefficient (Wildman–Crippen LogP) is 3.79. The molecule has 0 radical (unpaired) electrons. The minimum Gasteiger partial charge on any atom is -0.342 e. The normalized spacial score (nSPS) is 20.0. The van der Waals surface area contributed by atoms with Crippen LogP contribution in [0.1, 0.15) is 53.7 Å². The Morgan fingerprint density at radius 1 is 0.969 bits per heavy atom. The number of rotatable bonds is 3. The van der Waals surface area contributed by atoms with Gasteiger partial charge in [-0.05, 0) is 49.4 Å². The number of amides is 2. The molecule has 0 aliphatic carbocycles. The van der Waals surface area contributed by atoms with Crippen LogP contribution in [0.2, 0.25) is 0 Å². The van der Waals surface area contributed by atoms with Gasteiger partial charge in [-0.3, -0.25) is 9.59 Å². The van der Waals surface area contributed by atoms with Gasteiger partial charge in [0.1, 0.15) is 0 Å². The smallest absolute Gasteiger partial charge is 0.254 e. The molecule has 1 unspecified atom stereocenters. The Balaban J connectivity index is 1.24. The lowest BCUT2D eigenvalue weighted by Crippen LogP contribution is -2.48. The van der Waals surface area contributed by atoms with Gasteiger partial charge in [0.05, 0.1) is 5.92 Å². The van der Waals surface area contributed by atoms with E-state index in [1.807, 2.05) is 59.2 Å². The Morgan fingerprint density at radius 3 is 2.53 bits per heavy atom. The molecule has 1 atom stereocenters. The summed E-state index contributed by atoms with van der Waals surface area (Å²) in [7, 11) is 0. The first-order valence-corrected chi connectivity index (χ1v) is 11.5. The molecule has 0 saturated carbocycles. The van der Waals surface area contributed by atoms with Gasteiger partial charge < -0.3 is 14.3 Å². The summed E-state index contributed by atoms with van der Waals surface area (Å²) in [6, 6.07) is 13.8. The summed E-state index contributed by atoms with van der Waals surface area (Å²) in [5.74, 6) is 1.60. The van der Waals surface area contributed by atoms with Gasteiger partial charge in [-0.15, -0.1) is 0 Å². The second-order valence-corrected chi connectivity index (χ2v) is 8.90. The van der Waals surface area contributed by atoms with E-state index in [4.69, 9.17) is 4.52 Å². The van der Waals surface area contributed by atoms with Crippen molar-refractivity contribution in [3.8, 4) is 0 Å². The molecule has 7 nitrogen and oxygen atoms in total. The van der Waals surface area contributed by atoms with Crippen LogP contribution < -0.4 is 0 Å². The Hall–Kier alpha value is -3.22. The SMILES string of the molecule is Cc1noc(C2CCN(C(=O)C3CCCN(C(=O)c4cccc5ccccc45)C3)CC2)n1. The average molecular weight is 433 g/mol. The van der Waals surface area contributed by atoms with Crippen molar-refractivity contribution in [3.05, 3.63) is 59.7 Å². The van der Waals surface area contributed by atoms with Crippen molar-refractivity contribution in [2.75, 3.05) is 26.2 Å². The number of fused-ring (bicyclic) bond motifs is 1. The summed E-state index contributed by atoms with van der Waals surface area (Å²) in [6.07, 6.45) is 3.35. The zero-order valence-electron chi connectivity index (χ0n) is 18.4. The van der Waals surface area contributed by atoms with Crippen LogP contribution in [0.15, 0.2) is 47.0 Å². The van der Waals surface area contributed by atoms with Crippen LogP contribution in [-0.4, -0.2) is 57.9 Å². The molecule has 2 fully saturated rings. The first-order chi connectivity index (χ1) is 15.6. The van der Waals surface area contributed by atoms with Gasteiger partial charge >= 0.3 is 0 Å². The molecule has 2 aliphatic rings. The minimum absolute atomic E-state index is 0.0183. The average Bonchev–Trinajstić information content (AvgIpc) is 3.29. The molecule has 5 rings (SSSR count). The highest BCUT2D eigenvalue weighted by atomic mass is 16.5. The number of nitrogens with zero attached hydrogens (tertiary/aromatic N) is 4. The fourth-order valence-corrected chi connectivity index (χ4v) is 5.03. The van der Waals surface area contributed by atoms with Crippen LogP contribution >= 0.6 is 0 Å². The van der Waals surface area contributed by atoms with Gasteiger partial charge in [-0.1, -0.05) is 41.6 Å². The number of hydrogen-bond donors (Lipinski definition) is 0. The molecule has 32 heavy (non-hydrogen) atoms. The fourth-order valence-electron chi connectivity index (χ4n) is 5.03. The molecule has 0 bridgehead atoms. The maximum atomic E-state index is 13.3. The Kier molecular flexibility index (Phi) is 5.64. The molecule has 166 valence electrons.